The number of nitrogens with one attached hydrogen (secondary N) is 2. The second-order valence-electron chi connectivity index (χ2n) is 5.74. The lowest BCUT2D eigenvalue weighted by Gasteiger charge is -2.27. The lowest BCUT2D eigenvalue weighted by molar-refractivity contribution is 0.0962. The molecule has 0 spiro atoms. The molecule has 0 saturated carbocycles. The third-order valence-corrected chi connectivity index (χ3v) is 3.40. The molecule has 0 bridgehead atoms. The highest BCUT2D eigenvalue weighted by Gasteiger charge is 2.22. The van der Waals surface area contributed by atoms with Crippen molar-refractivity contribution >= 4 is 17.7 Å². The number of benzene rings is 2. The van der Waals surface area contributed by atoms with Crippen LogP contribution in [-0.2, 0) is 0 Å². The van der Waals surface area contributed by atoms with Gasteiger partial charge in [-0.2, -0.15) is 0 Å². The van der Waals surface area contributed by atoms with Gasteiger partial charge in [0, 0.05) is 11.1 Å². The first-order valence-corrected chi connectivity index (χ1v) is 7.17. The maximum atomic E-state index is 12.2. The van der Waals surface area contributed by atoms with Crippen LogP contribution >= 0.6 is 0 Å². The Kier molecular flexibility index (Phi) is 3.59. The van der Waals surface area contributed by atoms with Crippen molar-refractivity contribution in [3.8, 4) is 5.75 Å². The second kappa shape index (κ2) is 5.56. The van der Waals surface area contributed by atoms with Gasteiger partial charge in [-0.15, -0.1) is 0 Å². The molecule has 2 N–H and O–H groups in total. The van der Waals surface area contributed by atoms with Gasteiger partial charge >= 0.3 is 0 Å². The molecule has 1 amide bonds. The van der Waals surface area contributed by atoms with Crippen LogP contribution in [0.4, 0.5) is 5.69 Å². The highest BCUT2D eigenvalue weighted by molar-refractivity contribution is 5.95. The molecule has 0 atom stereocenters. The highest BCUT2D eigenvalue weighted by atomic mass is 16.5. The number of carbonyl (C=O) groups is 1. The largest absolute Gasteiger partial charge is 0.483 e. The molecule has 22 heavy (non-hydrogen) atoms. The fourth-order valence-corrected chi connectivity index (χ4v) is 2.24. The summed E-state index contributed by atoms with van der Waals surface area (Å²) in [6.45, 7) is 3.99. The average molecular weight is 294 g/mol. The Labute approximate surface area is 129 Å². The lowest BCUT2D eigenvalue weighted by atomic mass is 10.0. The van der Waals surface area contributed by atoms with Crippen molar-refractivity contribution in [2.45, 2.75) is 19.4 Å². The van der Waals surface area contributed by atoms with Crippen LogP contribution < -0.4 is 15.6 Å². The van der Waals surface area contributed by atoms with Crippen molar-refractivity contribution in [2.24, 2.45) is 0 Å². The van der Waals surface area contributed by atoms with Crippen LogP contribution in [0.2, 0.25) is 0 Å². The first-order chi connectivity index (χ1) is 10.5. The molecular weight excluding hydrogens is 276 g/mol. The molecule has 0 fully saturated rings. The van der Waals surface area contributed by atoms with Gasteiger partial charge in [0.1, 0.15) is 11.4 Å². The fourth-order valence-electron chi connectivity index (χ4n) is 2.24. The number of fused-ring (bicyclic) bond motifs is 1. The van der Waals surface area contributed by atoms with Crippen molar-refractivity contribution in [1.82, 2.24) is 5.43 Å². The summed E-state index contributed by atoms with van der Waals surface area (Å²) in [7, 11) is 0. The van der Waals surface area contributed by atoms with E-state index in [0.717, 1.165) is 17.0 Å². The third kappa shape index (κ3) is 3.11. The minimum absolute atomic E-state index is 0.190. The molecule has 2 aromatic rings. The van der Waals surface area contributed by atoms with E-state index in [0.29, 0.717) is 5.56 Å². The molecule has 0 aliphatic carbocycles. The molecule has 2 aromatic carbocycles. The van der Waals surface area contributed by atoms with Gasteiger partial charge < -0.3 is 4.74 Å². The molecule has 112 valence electrons. The zero-order chi connectivity index (χ0) is 15.6. The van der Waals surface area contributed by atoms with Crippen LogP contribution in [0, 0.1) is 0 Å². The normalized spacial score (nSPS) is 14.6. The Bertz CT molecular complexity index is 721. The van der Waals surface area contributed by atoms with E-state index in [2.05, 4.69) is 10.9 Å². The number of anilines is 1. The minimum Gasteiger partial charge on any atom is -0.483 e. The number of para-hydroxylation sites is 1. The van der Waals surface area contributed by atoms with E-state index in [-0.39, 0.29) is 11.5 Å². The Hall–Kier alpha value is -2.75. The first kappa shape index (κ1) is 14.2. The van der Waals surface area contributed by atoms with Crippen LogP contribution in [0.3, 0.4) is 0 Å². The van der Waals surface area contributed by atoms with Crippen molar-refractivity contribution < 1.29 is 9.53 Å². The number of hydrogen-bond donors (Lipinski definition) is 2. The Morgan fingerprint density at radius 2 is 1.86 bits per heavy atom. The Balaban J connectivity index is 1.72. The van der Waals surface area contributed by atoms with E-state index in [4.69, 9.17) is 4.74 Å². The van der Waals surface area contributed by atoms with E-state index in [1.165, 1.54) is 0 Å². The maximum Gasteiger partial charge on any atom is 0.269 e. The molecule has 1 heterocycles. The minimum atomic E-state index is -0.314. The number of hydrogen-bond acceptors (Lipinski definition) is 3. The second-order valence-corrected chi connectivity index (χ2v) is 5.74. The number of ether oxygens (including phenoxy) is 1. The molecule has 0 unspecified atom stereocenters. The summed E-state index contributed by atoms with van der Waals surface area (Å²) in [6.07, 6.45) is 3.97. The van der Waals surface area contributed by atoms with E-state index in [1.54, 1.807) is 6.07 Å². The van der Waals surface area contributed by atoms with Crippen LogP contribution in [-0.4, -0.2) is 11.5 Å². The van der Waals surface area contributed by atoms with Crippen molar-refractivity contribution in [1.29, 1.82) is 0 Å². The first-order valence-electron chi connectivity index (χ1n) is 7.17. The molecule has 0 saturated heterocycles. The topological polar surface area (TPSA) is 50.4 Å². The van der Waals surface area contributed by atoms with Gasteiger partial charge in [-0.05, 0) is 50.3 Å². The quantitative estimate of drug-likeness (QED) is 0.850. The lowest BCUT2D eigenvalue weighted by Crippen LogP contribution is -2.30. The molecule has 4 nitrogen and oxygen atoms in total. The molecule has 1 aliphatic heterocycles. The van der Waals surface area contributed by atoms with Crippen LogP contribution in [0.15, 0.2) is 54.6 Å². The maximum absolute atomic E-state index is 12.2. The average Bonchev–Trinajstić information content (AvgIpc) is 2.52. The number of hydrazine groups is 1. The summed E-state index contributed by atoms with van der Waals surface area (Å²) in [5.41, 5.74) is 7.58. The number of carbonyl (C=O) groups excluding carboxylic acids is 1. The zero-order valence-corrected chi connectivity index (χ0v) is 12.6. The summed E-state index contributed by atoms with van der Waals surface area (Å²) < 4.78 is 5.85. The van der Waals surface area contributed by atoms with E-state index >= 15 is 0 Å². The van der Waals surface area contributed by atoms with E-state index in [9.17, 15) is 4.79 Å². The van der Waals surface area contributed by atoms with Gasteiger partial charge in [0.25, 0.3) is 5.91 Å². The summed E-state index contributed by atoms with van der Waals surface area (Å²) in [5, 5.41) is 0. The molecule has 3 rings (SSSR count). The Morgan fingerprint density at radius 3 is 2.64 bits per heavy atom. The SMILES string of the molecule is CC1(C)C=Cc2cc(C(=O)NNc3ccccc3)ccc2O1. The van der Waals surface area contributed by atoms with Crippen molar-refractivity contribution in [2.75, 3.05) is 5.43 Å². The third-order valence-electron chi connectivity index (χ3n) is 3.40. The van der Waals surface area contributed by atoms with Crippen LogP contribution in [0.5, 0.6) is 5.75 Å². The summed E-state index contributed by atoms with van der Waals surface area (Å²) in [6, 6.07) is 14.9. The summed E-state index contributed by atoms with van der Waals surface area (Å²) >= 11 is 0. The summed E-state index contributed by atoms with van der Waals surface area (Å²) in [4.78, 5) is 12.2. The van der Waals surface area contributed by atoms with Crippen LogP contribution in [0.1, 0.15) is 29.8 Å². The van der Waals surface area contributed by atoms with Gasteiger partial charge in [-0.25, -0.2) is 0 Å². The summed E-state index contributed by atoms with van der Waals surface area (Å²) in [5.74, 6) is 0.602. The highest BCUT2D eigenvalue weighted by Crippen LogP contribution is 2.31. The molecule has 1 aliphatic rings. The molecule has 0 aromatic heterocycles. The van der Waals surface area contributed by atoms with E-state index < -0.39 is 0 Å². The molecule has 4 heteroatoms. The van der Waals surface area contributed by atoms with Crippen molar-refractivity contribution in [3.05, 3.63) is 65.7 Å². The van der Waals surface area contributed by atoms with Gasteiger partial charge in [-0.3, -0.25) is 15.6 Å². The van der Waals surface area contributed by atoms with E-state index in [1.807, 2.05) is 68.5 Å². The van der Waals surface area contributed by atoms with Gasteiger partial charge in [-0.1, -0.05) is 24.3 Å². The van der Waals surface area contributed by atoms with Gasteiger partial charge in [0.2, 0.25) is 0 Å². The number of rotatable bonds is 3. The smallest absolute Gasteiger partial charge is 0.269 e. The number of amides is 1. The fraction of sp³-hybridized carbons (Fsp3) is 0.167. The molecule has 0 radical (unpaired) electrons. The predicted octanol–water partition coefficient (Wildman–Crippen LogP) is 3.63. The zero-order valence-electron chi connectivity index (χ0n) is 12.6. The molecular formula is C18H18N2O2. The van der Waals surface area contributed by atoms with Crippen molar-refractivity contribution in [3.63, 3.8) is 0 Å². The van der Waals surface area contributed by atoms with Gasteiger partial charge in [0.05, 0.1) is 5.69 Å². The predicted molar refractivity (Wildman–Crippen MR) is 87.7 cm³/mol. The van der Waals surface area contributed by atoms with Gasteiger partial charge in [0.15, 0.2) is 0 Å². The standard InChI is InChI=1S/C18H18N2O2/c1-18(2)11-10-13-12-14(8-9-16(13)22-18)17(21)20-19-15-6-4-3-5-7-15/h3-12,19H,1-2H3,(H,20,21). The monoisotopic (exact) mass is 294 g/mol. The van der Waals surface area contributed by atoms with Crippen LogP contribution in [0.25, 0.3) is 6.08 Å². The Morgan fingerprint density at radius 1 is 1.09 bits per heavy atom.